The maximum atomic E-state index is 11.4. The Labute approximate surface area is 125 Å². The lowest BCUT2D eigenvalue weighted by Gasteiger charge is -2.27. The quantitative estimate of drug-likeness (QED) is 0.688. The molecule has 0 unspecified atom stereocenters. The third-order valence-electron chi connectivity index (χ3n) is 3.91. The Kier molecular flexibility index (Phi) is 6.37. The van der Waals surface area contributed by atoms with Gasteiger partial charge in [-0.05, 0) is 24.5 Å². The summed E-state index contributed by atoms with van der Waals surface area (Å²) in [5, 5.41) is 15.4. The van der Waals surface area contributed by atoms with Crippen LogP contribution in [0.5, 0.6) is 0 Å². The van der Waals surface area contributed by atoms with Crippen molar-refractivity contribution < 1.29 is 14.7 Å². The first-order valence-corrected chi connectivity index (χ1v) is 7.24. The van der Waals surface area contributed by atoms with Gasteiger partial charge in [0.15, 0.2) is 0 Å². The fourth-order valence-electron chi connectivity index (χ4n) is 2.30. The van der Waals surface area contributed by atoms with Crippen LogP contribution < -0.4 is 10.6 Å². The van der Waals surface area contributed by atoms with Crippen molar-refractivity contribution in [3.63, 3.8) is 0 Å². The molecule has 0 aromatic heterocycles. The van der Waals surface area contributed by atoms with Gasteiger partial charge < -0.3 is 15.7 Å². The van der Waals surface area contributed by atoms with E-state index in [4.69, 9.17) is 0 Å². The molecule has 5 nitrogen and oxygen atoms in total. The Morgan fingerprint density at radius 2 is 1.81 bits per heavy atom. The third kappa shape index (κ3) is 4.56. The Hall–Kier alpha value is -1.88. The molecule has 0 saturated heterocycles. The number of carbonyl (C=O) groups is 2. The number of benzene rings is 1. The van der Waals surface area contributed by atoms with Crippen LogP contribution in [0.1, 0.15) is 39.2 Å². The molecule has 0 heterocycles. The summed E-state index contributed by atoms with van der Waals surface area (Å²) in [6.45, 7) is 6.18. The summed E-state index contributed by atoms with van der Waals surface area (Å²) in [4.78, 5) is 22.6. The summed E-state index contributed by atoms with van der Waals surface area (Å²) in [5.41, 5.74) is 0.966. The summed E-state index contributed by atoms with van der Waals surface area (Å²) < 4.78 is 0. The van der Waals surface area contributed by atoms with Gasteiger partial charge in [0, 0.05) is 25.7 Å². The fraction of sp³-hybridized carbons (Fsp3) is 0.500. The smallest absolute Gasteiger partial charge is 0.310 e. The lowest BCUT2D eigenvalue weighted by molar-refractivity contribution is -0.149. The van der Waals surface area contributed by atoms with Crippen LogP contribution in [0.2, 0.25) is 0 Å². The summed E-state index contributed by atoms with van der Waals surface area (Å²) >= 11 is 0. The molecule has 0 fully saturated rings. The van der Waals surface area contributed by atoms with Gasteiger partial charge in [-0.1, -0.05) is 32.0 Å². The number of anilines is 1. The summed E-state index contributed by atoms with van der Waals surface area (Å²) in [6, 6.07) is 7.50. The third-order valence-corrected chi connectivity index (χ3v) is 3.91. The molecule has 116 valence electrons. The average Bonchev–Trinajstić information content (AvgIpc) is 2.44. The van der Waals surface area contributed by atoms with Crippen molar-refractivity contribution in [2.45, 2.75) is 40.2 Å². The molecule has 21 heavy (non-hydrogen) atoms. The number of carbonyl (C=O) groups excluding carboxylic acids is 1. The predicted molar refractivity (Wildman–Crippen MR) is 83.1 cm³/mol. The molecule has 0 radical (unpaired) electrons. The van der Waals surface area contributed by atoms with Crippen molar-refractivity contribution in [3.05, 3.63) is 29.8 Å². The molecule has 3 N–H and O–H groups in total. The Morgan fingerprint density at radius 1 is 1.19 bits per heavy atom. The highest BCUT2D eigenvalue weighted by Crippen LogP contribution is 2.26. The summed E-state index contributed by atoms with van der Waals surface area (Å²) in [5.74, 6) is -0.889. The van der Waals surface area contributed by atoms with Crippen molar-refractivity contribution in [1.82, 2.24) is 5.32 Å². The van der Waals surface area contributed by atoms with E-state index in [1.165, 1.54) is 6.92 Å². The average molecular weight is 292 g/mol. The zero-order chi connectivity index (χ0) is 15.9. The number of hydrogen-bond acceptors (Lipinski definition) is 3. The highest BCUT2D eigenvalue weighted by Gasteiger charge is 2.34. The molecular formula is C16H24N2O3. The highest BCUT2D eigenvalue weighted by atomic mass is 16.4. The van der Waals surface area contributed by atoms with E-state index in [2.05, 4.69) is 10.6 Å². The van der Waals surface area contributed by atoms with E-state index in [1.807, 2.05) is 38.1 Å². The van der Waals surface area contributed by atoms with Gasteiger partial charge in [-0.2, -0.15) is 0 Å². The SMILES string of the molecule is CCC(CC)(CNCc1ccccc1NC(C)=O)C(=O)O. The molecule has 0 spiro atoms. The van der Waals surface area contributed by atoms with Gasteiger partial charge in [0.05, 0.1) is 5.41 Å². The van der Waals surface area contributed by atoms with Crippen molar-refractivity contribution in [2.75, 3.05) is 11.9 Å². The molecule has 1 aromatic rings. The van der Waals surface area contributed by atoms with Gasteiger partial charge in [0.1, 0.15) is 0 Å². The van der Waals surface area contributed by atoms with Gasteiger partial charge in [-0.25, -0.2) is 0 Å². The molecule has 0 bridgehead atoms. The van der Waals surface area contributed by atoms with E-state index in [-0.39, 0.29) is 5.91 Å². The van der Waals surface area contributed by atoms with Crippen LogP contribution >= 0.6 is 0 Å². The van der Waals surface area contributed by atoms with Crippen LogP contribution in [-0.4, -0.2) is 23.5 Å². The summed E-state index contributed by atoms with van der Waals surface area (Å²) in [7, 11) is 0. The number of amides is 1. The largest absolute Gasteiger partial charge is 0.481 e. The van der Waals surface area contributed by atoms with Gasteiger partial charge in [0.25, 0.3) is 0 Å². The van der Waals surface area contributed by atoms with Crippen LogP contribution in [-0.2, 0) is 16.1 Å². The van der Waals surface area contributed by atoms with E-state index in [9.17, 15) is 14.7 Å². The number of aliphatic carboxylic acids is 1. The normalized spacial score (nSPS) is 11.2. The number of carboxylic acids is 1. The topological polar surface area (TPSA) is 78.4 Å². The predicted octanol–water partition coefficient (Wildman–Crippen LogP) is 2.63. The first-order valence-electron chi connectivity index (χ1n) is 7.24. The van der Waals surface area contributed by atoms with Crippen LogP contribution in [0.15, 0.2) is 24.3 Å². The Balaban J connectivity index is 2.71. The molecule has 0 atom stereocenters. The van der Waals surface area contributed by atoms with Gasteiger partial charge in [0.2, 0.25) is 5.91 Å². The van der Waals surface area contributed by atoms with Crippen molar-refractivity contribution >= 4 is 17.6 Å². The first kappa shape index (κ1) is 17.2. The van der Waals surface area contributed by atoms with Crippen LogP contribution in [0.4, 0.5) is 5.69 Å². The van der Waals surface area contributed by atoms with E-state index in [0.29, 0.717) is 25.9 Å². The fourth-order valence-corrected chi connectivity index (χ4v) is 2.30. The molecule has 1 rings (SSSR count). The van der Waals surface area contributed by atoms with Crippen molar-refractivity contribution in [2.24, 2.45) is 5.41 Å². The molecule has 0 saturated carbocycles. The zero-order valence-corrected chi connectivity index (χ0v) is 12.9. The standard InChI is InChI=1S/C16H24N2O3/c1-4-16(5-2,15(20)21)11-17-10-13-8-6-7-9-14(13)18-12(3)19/h6-9,17H,4-5,10-11H2,1-3H3,(H,18,19)(H,20,21). The Morgan fingerprint density at radius 3 is 2.33 bits per heavy atom. The molecule has 1 aromatic carbocycles. The van der Waals surface area contributed by atoms with E-state index < -0.39 is 11.4 Å². The van der Waals surface area contributed by atoms with Crippen molar-refractivity contribution in [1.29, 1.82) is 0 Å². The molecule has 0 aliphatic carbocycles. The minimum absolute atomic E-state index is 0.121. The molecule has 0 aliphatic rings. The number of para-hydroxylation sites is 1. The lowest BCUT2D eigenvalue weighted by atomic mass is 9.82. The molecule has 1 amide bonds. The number of carboxylic acid groups (broad SMARTS) is 1. The van der Waals surface area contributed by atoms with Gasteiger partial charge >= 0.3 is 5.97 Å². The van der Waals surface area contributed by atoms with E-state index in [0.717, 1.165) is 11.3 Å². The maximum Gasteiger partial charge on any atom is 0.310 e. The second kappa shape index (κ2) is 7.78. The van der Waals surface area contributed by atoms with Crippen LogP contribution in [0.3, 0.4) is 0 Å². The van der Waals surface area contributed by atoms with Gasteiger partial charge in [-0.15, -0.1) is 0 Å². The van der Waals surface area contributed by atoms with Crippen LogP contribution in [0.25, 0.3) is 0 Å². The minimum Gasteiger partial charge on any atom is -0.481 e. The maximum absolute atomic E-state index is 11.4. The number of rotatable bonds is 8. The van der Waals surface area contributed by atoms with Gasteiger partial charge in [-0.3, -0.25) is 9.59 Å². The zero-order valence-electron chi connectivity index (χ0n) is 12.9. The Bertz CT molecular complexity index is 496. The molecule has 5 heteroatoms. The number of hydrogen-bond donors (Lipinski definition) is 3. The number of nitrogens with one attached hydrogen (secondary N) is 2. The highest BCUT2D eigenvalue weighted by molar-refractivity contribution is 5.89. The monoisotopic (exact) mass is 292 g/mol. The molecular weight excluding hydrogens is 268 g/mol. The first-order chi connectivity index (χ1) is 9.95. The molecule has 0 aliphatic heterocycles. The second-order valence-electron chi connectivity index (χ2n) is 5.23. The van der Waals surface area contributed by atoms with E-state index >= 15 is 0 Å². The minimum atomic E-state index is -0.768. The van der Waals surface area contributed by atoms with Crippen molar-refractivity contribution in [3.8, 4) is 0 Å². The van der Waals surface area contributed by atoms with E-state index in [1.54, 1.807) is 0 Å². The lowest BCUT2D eigenvalue weighted by Crippen LogP contribution is -2.40. The second-order valence-corrected chi connectivity index (χ2v) is 5.23. The van der Waals surface area contributed by atoms with Crippen LogP contribution in [0, 0.1) is 5.41 Å². The summed E-state index contributed by atoms with van der Waals surface area (Å²) in [6.07, 6.45) is 1.17.